The van der Waals surface area contributed by atoms with Gasteiger partial charge in [0.05, 0.1) is 11.9 Å². The first kappa shape index (κ1) is 8.77. The molecule has 1 heterocycles. The molecule has 12 heavy (non-hydrogen) atoms. The Morgan fingerprint density at radius 1 is 1.75 bits per heavy atom. The van der Waals surface area contributed by atoms with E-state index in [1.165, 1.54) is 0 Å². The molecule has 4 heteroatoms. The number of carbonyl (C=O) groups excluding carboxylic acids is 1. The molecular weight excluding hydrogens is 156 g/mol. The van der Waals surface area contributed by atoms with Crippen LogP contribution in [0.3, 0.4) is 0 Å². The fourth-order valence-corrected chi connectivity index (χ4v) is 0.774. The van der Waals surface area contributed by atoms with E-state index in [0.717, 1.165) is 5.69 Å². The summed E-state index contributed by atoms with van der Waals surface area (Å²) in [7, 11) is 1.80. The lowest BCUT2D eigenvalue weighted by Gasteiger charge is -2.00. The maximum atomic E-state index is 10.9. The number of hydrogen-bond acceptors (Lipinski definition) is 3. The molecule has 0 N–H and O–H groups in total. The van der Waals surface area contributed by atoms with Crippen LogP contribution in [0.25, 0.3) is 0 Å². The van der Waals surface area contributed by atoms with Crippen molar-refractivity contribution in [3.05, 3.63) is 11.9 Å². The van der Waals surface area contributed by atoms with Gasteiger partial charge in [0.25, 0.3) is 0 Å². The molecule has 0 bridgehead atoms. The molecule has 66 valence electrons. The number of ether oxygens (including phenoxy) is 1. The SMILES string of the molecule is CCC(=O)Oc1cnn(C)c1C. The molecule has 0 saturated heterocycles. The zero-order valence-electron chi connectivity index (χ0n) is 7.50. The summed E-state index contributed by atoms with van der Waals surface area (Å²) < 4.78 is 6.66. The summed E-state index contributed by atoms with van der Waals surface area (Å²) in [5.41, 5.74) is 0.858. The van der Waals surface area contributed by atoms with Gasteiger partial charge in [-0.3, -0.25) is 9.48 Å². The van der Waals surface area contributed by atoms with Gasteiger partial charge in [0.1, 0.15) is 0 Å². The first-order valence-electron chi connectivity index (χ1n) is 3.84. The van der Waals surface area contributed by atoms with Gasteiger partial charge in [0, 0.05) is 13.5 Å². The summed E-state index contributed by atoms with van der Waals surface area (Å²) in [5, 5.41) is 3.94. The molecule has 0 unspecified atom stereocenters. The third kappa shape index (κ3) is 1.64. The first-order valence-corrected chi connectivity index (χ1v) is 3.84. The van der Waals surface area contributed by atoms with Gasteiger partial charge in [-0.2, -0.15) is 5.10 Å². The Hall–Kier alpha value is -1.32. The Balaban J connectivity index is 2.76. The average molecular weight is 168 g/mol. The predicted octanol–water partition coefficient (Wildman–Crippen LogP) is 1.04. The highest BCUT2D eigenvalue weighted by molar-refractivity contribution is 5.72. The minimum atomic E-state index is -0.230. The van der Waals surface area contributed by atoms with Crippen molar-refractivity contribution in [1.29, 1.82) is 0 Å². The van der Waals surface area contributed by atoms with E-state index in [9.17, 15) is 4.79 Å². The monoisotopic (exact) mass is 168 g/mol. The van der Waals surface area contributed by atoms with Gasteiger partial charge >= 0.3 is 5.97 Å². The third-order valence-corrected chi connectivity index (χ3v) is 1.70. The third-order valence-electron chi connectivity index (χ3n) is 1.70. The molecular formula is C8H12N2O2. The number of aryl methyl sites for hydroxylation is 1. The summed E-state index contributed by atoms with van der Waals surface area (Å²) in [4.78, 5) is 10.9. The van der Waals surface area contributed by atoms with Crippen molar-refractivity contribution in [2.75, 3.05) is 0 Å². The van der Waals surface area contributed by atoms with E-state index >= 15 is 0 Å². The molecule has 0 aromatic carbocycles. The fraction of sp³-hybridized carbons (Fsp3) is 0.500. The quantitative estimate of drug-likeness (QED) is 0.620. The lowest BCUT2D eigenvalue weighted by atomic mass is 10.4. The second-order valence-electron chi connectivity index (χ2n) is 2.55. The molecule has 0 atom stereocenters. The van der Waals surface area contributed by atoms with Crippen LogP contribution < -0.4 is 4.74 Å². The second kappa shape index (κ2) is 3.38. The number of nitrogens with zero attached hydrogens (tertiary/aromatic N) is 2. The molecule has 1 rings (SSSR count). The lowest BCUT2D eigenvalue weighted by molar-refractivity contribution is -0.134. The van der Waals surface area contributed by atoms with Crippen molar-refractivity contribution < 1.29 is 9.53 Å². The number of esters is 1. The maximum absolute atomic E-state index is 10.9. The van der Waals surface area contributed by atoms with Crippen LogP contribution in [-0.2, 0) is 11.8 Å². The largest absolute Gasteiger partial charge is 0.423 e. The Morgan fingerprint density at radius 3 is 2.83 bits per heavy atom. The number of carbonyl (C=O) groups is 1. The summed E-state index contributed by atoms with van der Waals surface area (Å²) in [6.07, 6.45) is 1.93. The van der Waals surface area contributed by atoms with Gasteiger partial charge < -0.3 is 4.74 Å². The standard InChI is InChI=1S/C8H12N2O2/c1-4-8(11)12-7-5-9-10(3)6(7)2/h5H,4H2,1-3H3. The van der Waals surface area contributed by atoms with E-state index in [0.29, 0.717) is 12.2 Å². The Bertz CT molecular complexity index is 291. The molecule has 0 fully saturated rings. The van der Waals surface area contributed by atoms with Crippen LogP contribution in [0, 0.1) is 6.92 Å². The summed E-state index contributed by atoms with van der Waals surface area (Å²) in [6, 6.07) is 0. The van der Waals surface area contributed by atoms with Gasteiger partial charge in [-0.25, -0.2) is 0 Å². The maximum Gasteiger partial charge on any atom is 0.311 e. The average Bonchev–Trinajstić information content (AvgIpc) is 2.36. The summed E-state index contributed by atoms with van der Waals surface area (Å²) >= 11 is 0. The van der Waals surface area contributed by atoms with Crippen molar-refractivity contribution in [2.24, 2.45) is 7.05 Å². The zero-order valence-corrected chi connectivity index (χ0v) is 7.50. The van der Waals surface area contributed by atoms with E-state index in [1.54, 1.807) is 24.9 Å². The molecule has 4 nitrogen and oxygen atoms in total. The summed E-state index contributed by atoms with van der Waals surface area (Å²) in [6.45, 7) is 3.61. The van der Waals surface area contributed by atoms with E-state index in [4.69, 9.17) is 4.74 Å². The van der Waals surface area contributed by atoms with Crippen LogP contribution in [0.4, 0.5) is 0 Å². The van der Waals surface area contributed by atoms with Crippen molar-refractivity contribution in [2.45, 2.75) is 20.3 Å². The minimum absolute atomic E-state index is 0.230. The highest BCUT2D eigenvalue weighted by atomic mass is 16.5. The van der Waals surface area contributed by atoms with E-state index in [2.05, 4.69) is 5.10 Å². The highest BCUT2D eigenvalue weighted by Gasteiger charge is 2.07. The highest BCUT2D eigenvalue weighted by Crippen LogP contribution is 2.15. The fourth-order valence-electron chi connectivity index (χ4n) is 0.774. The molecule has 0 aliphatic heterocycles. The van der Waals surface area contributed by atoms with E-state index < -0.39 is 0 Å². The Kier molecular flexibility index (Phi) is 2.47. The van der Waals surface area contributed by atoms with Crippen LogP contribution in [-0.4, -0.2) is 15.7 Å². The van der Waals surface area contributed by atoms with Crippen LogP contribution >= 0.6 is 0 Å². The van der Waals surface area contributed by atoms with Crippen LogP contribution in [0.1, 0.15) is 19.0 Å². The second-order valence-corrected chi connectivity index (χ2v) is 2.55. The smallest absolute Gasteiger partial charge is 0.311 e. The van der Waals surface area contributed by atoms with Crippen LogP contribution in [0.5, 0.6) is 5.75 Å². The van der Waals surface area contributed by atoms with E-state index in [1.807, 2.05) is 6.92 Å². The molecule has 0 amide bonds. The lowest BCUT2D eigenvalue weighted by Crippen LogP contribution is -2.06. The van der Waals surface area contributed by atoms with Gasteiger partial charge in [-0.1, -0.05) is 6.92 Å². The normalized spacial score (nSPS) is 9.92. The van der Waals surface area contributed by atoms with Crippen molar-refractivity contribution in [1.82, 2.24) is 9.78 Å². The topological polar surface area (TPSA) is 44.1 Å². The molecule has 1 aromatic heterocycles. The summed E-state index contributed by atoms with van der Waals surface area (Å²) in [5.74, 6) is 0.315. The molecule has 1 aromatic rings. The van der Waals surface area contributed by atoms with Gasteiger partial charge in [0.2, 0.25) is 0 Å². The van der Waals surface area contributed by atoms with Crippen molar-refractivity contribution in [3.63, 3.8) is 0 Å². The minimum Gasteiger partial charge on any atom is -0.423 e. The number of aromatic nitrogens is 2. The van der Waals surface area contributed by atoms with Gasteiger partial charge in [0.15, 0.2) is 5.75 Å². The first-order chi connectivity index (χ1) is 5.65. The van der Waals surface area contributed by atoms with Crippen molar-refractivity contribution >= 4 is 5.97 Å². The van der Waals surface area contributed by atoms with Gasteiger partial charge in [-0.05, 0) is 6.92 Å². The molecule has 0 aliphatic carbocycles. The molecule has 0 saturated carbocycles. The van der Waals surface area contributed by atoms with Crippen LogP contribution in [0.15, 0.2) is 6.20 Å². The van der Waals surface area contributed by atoms with Gasteiger partial charge in [-0.15, -0.1) is 0 Å². The Morgan fingerprint density at radius 2 is 2.42 bits per heavy atom. The van der Waals surface area contributed by atoms with E-state index in [-0.39, 0.29) is 5.97 Å². The molecule has 0 radical (unpaired) electrons. The number of rotatable bonds is 2. The molecule has 0 aliphatic rings. The zero-order chi connectivity index (χ0) is 9.14. The Labute approximate surface area is 71.1 Å². The van der Waals surface area contributed by atoms with Crippen LogP contribution in [0.2, 0.25) is 0 Å². The predicted molar refractivity (Wildman–Crippen MR) is 43.9 cm³/mol. The number of hydrogen-bond donors (Lipinski definition) is 0. The van der Waals surface area contributed by atoms with Crippen molar-refractivity contribution in [3.8, 4) is 5.75 Å². The molecule has 0 spiro atoms.